The van der Waals surface area contributed by atoms with Crippen LogP contribution in [0.5, 0.6) is 0 Å². The highest BCUT2D eigenvalue weighted by molar-refractivity contribution is 7.99. The molecule has 2 aliphatic rings. The van der Waals surface area contributed by atoms with Crippen molar-refractivity contribution in [2.75, 3.05) is 19.5 Å². The van der Waals surface area contributed by atoms with Crippen LogP contribution in [0.2, 0.25) is 0 Å². The molecule has 1 unspecified atom stereocenters. The van der Waals surface area contributed by atoms with Crippen LogP contribution in [0.1, 0.15) is 0 Å². The van der Waals surface area contributed by atoms with Gasteiger partial charge in [0.15, 0.2) is 0 Å². The van der Waals surface area contributed by atoms with E-state index in [-0.39, 0.29) is 18.3 Å². The van der Waals surface area contributed by atoms with Crippen LogP contribution >= 0.6 is 11.8 Å². The molecule has 2 saturated heterocycles. The van der Waals surface area contributed by atoms with E-state index in [1.807, 2.05) is 0 Å². The lowest BCUT2D eigenvalue weighted by atomic mass is 10.1. The number of rotatable bonds is 2. The molecule has 2 rings (SSSR count). The zero-order valence-electron chi connectivity index (χ0n) is 6.93. The van der Waals surface area contributed by atoms with Gasteiger partial charge in [0, 0.05) is 0 Å². The van der Waals surface area contributed by atoms with E-state index in [9.17, 15) is 0 Å². The lowest BCUT2D eigenvalue weighted by Gasteiger charge is -2.13. The Hall–Kier alpha value is 0.190. The van der Waals surface area contributed by atoms with E-state index >= 15 is 0 Å². The van der Waals surface area contributed by atoms with Crippen molar-refractivity contribution in [3.63, 3.8) is 0 Å². The van der Waals surface area contributed by atoms with Crippen molar-refractivity contribution in [1.82, 2.24) is 0 Å². The topological polar surface area (TPSA) is 53.7 Å². The summed E-state index contributed by atoms with van der Waals surface area (Å²) in [6.07, 6.45) is 2.21. The highest BCUT2D eigenvalue weighted by Crippen LogP contribution is 2.33. The normalized spacial score (nSPS) is 46.5. The highest BCUT2D eigenvalue weighted by atomic mass is 32.2. The van der Waals surface area contributed by atoms with Gasteiger partial charge in [0.2, 0.25) is 0 Å². The number of ether oxygens (including phenoxy) is 2. The maximum Gasteiger partial charge on any atom is 0.131 e. The Morgan fingerprint density at radius 3 is 2.75 bits per heavy atom. The molecule has 0 aromatic carbocycles. The standard InChI is InChI=1S/C7H13NO3S/c1-12-5-3-10-6-4(11-8)2-9-7(5)6/h4-7H,2-3,8H2,1H3/t4?,5-,6+,7+/m0/s1. The fourth-order valence-corrected chi connectivity index (χ4v) is 2.46. The first-order valence-electron chi connectivity index (χ1n) is 3.98. The third kappa shape index (κ3) is 1.25. The van der Waals surface area contributed by atoms with Gasteiger partial charge < -0.3 is 9.47 Å². The zero-order chi connectivity index (χ0) is 8.55. The van der Waals surface area contributed by atoms with Gasteiger partial charge in [-0.3, -0.25) is 4.84 Å². The Balaban J connectivity index is 2.01. The molecule has 5 heteroatoms. The third-order valence-corrected chi connectivity index (χ3v) is 3.45. The molecule has 0 aromatic rings. The molecule has 0 aromatic heterocycles. The third-order valence-electron chi connectivity index (χ3n) is 2.44. The molecule has 2 N–H and O–H groups in total. The van der Waals surface area contributed by atoms with Gasteiger partial charge in [-0.15, -0.1) is 0 Å². The molecule has 0 saturated carbocycles. The SMILES string of the molecule is CS[C@H]1CO[C@@H]2C(ON)CO[C@H]12. The summed E-state index contributed by atoms with van der Waals surface area (Å²) in [6.45, 7) is 1.30. The van der Waals surface area contributed by atoms with Gasteiger partial charge in [0.1, 0.15) is 18.3 Å². The summed E-state index contributed by atoms with van der Waals surface area (Å²) in [4.78, 5) is 4.76. The predicted molar refractivity (Wildman–Crippen MR) is 45.8 cm³/mol. The Kier molecular flexibility index (Phi) is 2.57. The van der Waals surface area contributed by atoms with Crippen molar-refractivity contribution in [2.24, 2.45) is 5.90 Å². The minimum Gasteiger partial charge on any atom is -0.371 e. The Morgan fingerprint density at radius 2 is 2.08 bits per heavy atom. The summed E-state index contributed by atoms with van der Waals surface area (Å²) in [5, 5.41) is 0.440. The van der Waals surface area contributed by atoms with Crippen molar-refractivity contribution >= 4 is 11.8 Å². The average Bonchev–Trinajstić information content (AvgIpc) is 2.62. The van der Waals surface area contributed by atoms with E-state index in [1.54, 1.807) is 11.8 Å². The molecule has 4 atom stereocenters. The maximum absolute atomic E-state index is 5.53. The Morgan fingerprint density at radius 1 is 1.33 bits per heavy atom. The van der Waals surface area contributed by atoms with Crippen LogP contribution in [0.4, 0.5) is 0 Å². The summed E-state index contributed by atoms with van der Waals surface area (Å²) >= 11 is 1.77. The van der Waals surface area contributed by atoms with Gasteiger partial charge in [-0.2, -0.15) is 11.8 Å². The first kappa shape index (κ1) is 8.77. The van der Waals surface area contributed by atoms with Crippen molar-refractivity contribution in [3.8, 4) is 0 Å². The van der Waals surface area contributed by atoms with Gasteiger partial charge in [-0.1, -0.05) is 0 Å². The number of hydrogen-bond donors (Lipinski definition) is 1. The summed E-state index contributed by atoms with van der Waals surface area (Å²) in [6, 6.07) is 0. The summed E-state index contributed by atoms with van der Waals surface area (Å²) in [5.74, 6) is 5.11. The first-order valence-corrected chi connectivity index (χ1v) is 5.27. The van der Waals surface area contributed by atoms with Gasteiger partial charge >= 0.3 is 0 Å². The summed E-state index contributed by atoms with van der Waals surface area (Å²) in [7, 11) is 0. The second-order valence-corrected chi connectivity index (χ2v) is 4.12. The molecular weight excluding hydrogens is 178 g/mol. The van der Waals surface area contributed by atoms with Crippen LogP contribution in [0.3, 0.4) is 0 Å². The maximum atomic E-state index is 5.53. The molecule has 0 amide bonds. The van der Waals surface area contributed by atoms with Crippen molar-refractivity contribution in [1.29, 1.82) is 0 Å². The highest BCUT2D eigenvalue weighted by Gasteiger charge is 2.47. The smallest absolute Gasteiger partial charge is 0.131 e. The Bertz CT molecular complexity index is 151. The predicted octanol–water partition coefficient (Wildman–Crippen LogP) is -0.226. The molecular formula is C7H13NO3S. The molecule has 0 radical (unpaired) electrons. The van der Waals surface area contributed by atoms with Gasteiger partial charge in [-0.05, 0) is 6.26 Å². The van der Waals surface area contributed by atoms with Crippen LogP contribution in [0, 0.1) is 0 Å². The molecule has 2 aliphatic heterocycles. The molecule has 2 heterocycles. The van der Waals surface area contributed by atoms with E-state index < -0.39 is 0 Å². The van der Waals surface area contributed by atoms with Crippen LogP contribution in [-0.2, 0) is 14.3 Å². The fourth-order valence-electron chi connectivity index (χ4n) is 1.75. The number of hydrogen-bond acceptors (Lipinski definition) is 5. The average molecular weight is 191 g/mol. The quantitative estimate of drug-likeness (QED) is 0.611. The van der Waals surface area contributed by atoms with Crippen LogP contribution in [-0.4, -0.2) is 43.0 Å². The van der Waals surface area contributed by atoms with Crippen molar-refractivity contribution in [3.05, 3.63) is 0 Å². The lowest BCUT2D eigenvalue weighted by Crippen LogP contribution is -2.33. The first-order chi connectivity index (χ1) is 5.86. The largest absolute Gasteiger partial charge is 0.371 e. The molecule has 2 fully saturated rings. The minimum absolute atomic E-state index is 0.0486. The lowest BCUT2D eigenvalue weighted by molar-refractivity contribution is -0.0319. The molecule has 0 bridgehead atoms. The minimum atomic E-state index is -0.0767. The molecule has 0 spiro atoms. The van der Waals surface area contributed by atoms with E-state index in [0.717, 1.165) is 6.61 Å². The summed E-state index contributed by atoms with van der Waals surface area (Å²) in [5.41, 5.74) is 0. The molecule has 12 heavy (non-hydrogen) atoms. The van der Waals surface area contributed by atoms with Crippen LogP contribution < -0.4 is 5.90 Å². The Labute approximate surface area is 75.7 Å². The second kappa shape index (κ2) is 3.51. The van der Waals surface area contributed by atoms with Crippen molar-refractivity contribution < 1.29 is 14.3 Å². The van der Waals surface area contributed by atoms with Gasteiger partial charge in [0.25, 0.3) is 0 Å². The van der Waals surface area contributed by atoms with Crippen LogP contribution in [0.25, 0.3) is 0 Å². The van der Waals surface area contributed by atoms with E-state index in [1.165, 1.54) is 0 Å². The van der Waals surface area contributed by atoms with E-state index in [0.29, 0.717) is 11.9 Å². The molecule has 70 valence electrons. The van der Waals surface area contributed by atoms with Crippen LogP contribution in [0.15, 0.2) is 0 Å². The molecule has 0 aliphatic carbocycles. The number of nitrogens with two attached hydrogens (primary N) is 1. The monoisotopic (exact) mass is 191 g/mol. The zero-order valence-corrected chi connectivity index (χ0v) is 7.75. The van der Waals surface area contributed by atoms with Gasteiger partial charge in [-0.25, -0.2) is 5.90 Å². The number of fused-ring (bicyclic) bond motifs is 1. The fraction of sp³-hybridized carbons (Fsp3) is 1.00. The second-order valence-electron chi connectivity index (χ2n) is 3.04. The summed E-state index contributed by atoms with van der Waals surface area (Å²) < 4.78 is 11.1. The van der Waals surface area contributed by atoms with Crippen molar-refractivity contribution in [2.45, 2.75) is 23.6 Å². The molecule has 4 nitrogen and oxygen atoms in total. The van der Waals surface area contributed by atoms with Gasteiger partial charge in [0.05, 0.1) is 18.5 Å². The van der Waals surface area contributed by atoms with E-state index in [2.05, 4.69) is 6.26 Å². The number of thioether (sulfide) groups is 1. The van der Waals surface area contributed by atoms with E-state index in [4.69, 9.17) is 20.2 Å².